The summed E-state index contributed by atoms with van der Waals surface area (Å²) in [4.78, 5) is 12.8. The molecule has 1 saturated carbocycles. The predicted molar refractivity (Wildman–Crippen MR) is 49.7 cm³/mol. The number of hydrogen-bond donors (Lipinski definition) is 0. The van der Waals surface area contributed by atoms with Crippen LogP contribution < -0.4 is 0 Å². The summed E-state index contributed by atoms with van der Waals surface area (Å²) < 4.78 is 42.0. The molecule has 2 aliphatic rings. The van der Waals surface area contributed by atoms with E-state index >= 15 is 0 Å². The zero-order valence-electron chi connectivity index (χ0n) is 9.12. The Morgan fingerprint density at radius 2 is 1.81 bits per heavy atom. The fraction of sp³-hybridized carbons (Fsp3) is 0.900. The summed E-state index contributed by atoms with van der Waals surface area (Å²) in [7, 11) is 0. The molecule has 16 heavy (non-hydrogen) atoms. The highest BCUT2D eigenvalue weighted by atomic mass is 19.4. The first-order valence-electron chi connectivity index (χ1n) is 5.33. The van der Waals surface area contributed by atoms with Crippen LogP contribution in [0.1, 0.15) is 13.8 Å². The minimum atomic E-state index is -4.11. The minimum Gasteiger partial charge on any atom is -0.447 e. The Balaban J connectivity index is 1.84. The molecule has 2 unspecified atom stereocenters. The third-order valence-electron chi connectivity index (χ3n) is 3.17. The Labute approximate surface area is 91.5 Å². The molecule has 2 atom stereocenters. The molecular weight excluding hydrogens is 223 g/mol. The van der Waals surface area contributed by atoms with Gasteiger partial charge in [0.05, 0.1) is 12.0 Å². The van der Waals surface area contributed by atoms with Gasteiger partial charge in [0.25, 0.3) is 0 Å². The highest BCUT2D eigenvalue weighted by Gasteiger charge is 2.67. The van der Waals surface area contributed by atoms with Crippen LogP contribution in [0.25, 0.3) is 0 Å². The number of amides is 1. The second-order valence-corrected chi connectivity index (χ2v) is 4.73. The Kier molecular flexibility index (Phi) is 2.55. The summed E-state index contributed by atoms with van der Waals surface area (Å²) in [6.07, 6.45) is -4.84. The van der Waals surface area contributed by atoms with E-state index in [1.165, 1.54) is 4.90 Å². The number of carbonyl (C=O) groups excluding carboxylic acids is 1. The van der Waals surface area contributed by atoms with E-state index in [0.717, 1.165) is 0 Å². The standard InChI is InChI=1S/C10H14F3NO2/c1-5(2)16-9(15)14-3-6-7(4-14)8(6)10(11,12)13/h5-8H,3-4H2,1-2H3. The van der Waals surface area contributed by atoms with Gasteiger partial charge in [0.1, 0.15) is 0 Å². The number of piperidine rings is 1. The number of rotatable bonds is 1. The maximum Gasteiger partial charge on any atom is 0.410 e. The Hall–Kier alpha value is -0.940. The summed E-state index contributed by atoms with van der Waals surface area (Å²) in [5.74, 6) is -2.00. The molecule has 0 radical (unpaired) electrons. The van der Waals surface area contributed by atoms with E-state index in [1.807, 2.05) is 0 Å². The molecule has 6 heteroatoms. The molecule has 1 saturated heterocycles. The number of nitrogens with zero attached hydrogens (tertiary/aromatic N) is 1. The quantitative estimate of drug-likeness (QED) is 0.700. The summed E-state index contributed by atoms with van der Waals surface area (Å²) >= 11 is 0. The molecule has 0 N–H and O–H groups in total. The van der Waals surface area contributed by atoms with Crippen LogP contribution in [-0.2, 0) is 4.74 Å². The maximum absolute atomic E-state index is 12.4. The van der Waals surface area contributed by atoms with Crippen molar-refractivity contribution in [3.8, 4) is 0 Å². The molecule has 0 aromatic rings. The van der Waals surface area contributed by atoms with Gasteiger partial charge in [-0.2, -0.15) is 13.2 Å². The number of fused-ring (bicyclic) bond motifs is 1. The molecule has 2 rings (SSSR count). The Morgan fingerprint density at radius 1 is 1.31 bits per heavy atom. The van der Waals surface area contributed by atoms with Gasteiger partial charge >= 0.3 is 12.3 Å². The van der Waals surface area contributed by atoms with Crippen LogP contribution in [0, 0.1) is 17.8 Å². The zero-order chi connectivity index (χ0) is 12.1. The van der Waals surface area contributed by atoms with Crippen LogP contribution in [0.4, 0.5) is 18.0 Å². The van der Waals surface area contributed by atoms with Crippen molar-refractivity contribution in [1.82, 2.24) is 4.90 Å². The number of carbonyl (C=O) groups is 1. The lowest BCUT2D eigenvalue weighted by Gasteiger charge is -2.21. The zero-order valence-corrected chi connectivity index (χ0v) is 9.12. The van der Waals surface area contributed by atoms with Crippen LogP contribution in [0.5, 0.6) is 0 Å². The van der Waals surface area contributed by atoms with Crippen molar-refractivity contribution in [2.45, 2.75) is 26.1 Å². The molecular formula is C10H14F3NO2. The monoisotopic (exact) mass is 237 g/mol. The van der Waals surface area contributed by atoms with Gasteiger partial charge in [-0.15, -0.1) is 0 Å². The fourth-order valence-electron chi connectivity index (χ4n) is 2.44. The molecule has 1 amide bonds. The topological polar surface area (TPSA) is 29.5 Å². The summed E-state index contributed by atoms with van der Waals surface area (Å²) in [6, 6.07) is 0. The number of hydrogen-bond acceptors (Lipinski definition) is 2. The second kappa shape index (κ2) is 3.53. The molecule has 0 aromatic carbocycles. The van der Waals surface area contributed by atoms with Crippen molar-refractivity contribution >= 4 is 6.09 Å². The smallest absolute Gasteiger partial charge is 0.410 e. The number of ether oxygens (including phenoxy) is 1. The van der Waals surface area contributed by atoms with Gasteiger partial charge in [0.2, 0.25) is 0 Å². The highest BCUT2D eigenvalue weighted by molar-refractivity contribution is 5.68. The molecule has 0 spiro atoms. The normalized spacial score (nSPS) is 32.9. The van der Waals surface area contributed by atoms with Crippen LogP contribution in [0.15, 0.2) is 0 Å². The van der Waals surface area contributed by atoms with E-state index in [2.05, 4.69) is 0 Å². The van der Waals surface area contributed by atoms with E-state index in [1.54, 1.807) is 13.8 Å². The van der Waals surface area contributed by atoms with E-state index in [9.17, 15) is 18.0 Å². The van der Waals surface area contributed by atoms with E-state index in [-0.39, 0.29) is 19.2 Å². The average molecular weight is 237 g/mol. The summed E-state index contributed by atoms with van der Waals surface area (Å²) in [5, 5.41) is 0. The van der Waals surface area contributed by atoms with Gasteiger partial charge in [-0.25, -0.2) is 4.79 Å². The third-order valence-corrected chi connectivity index (χ3v) is 3.17. The molecule has 3 nitrogen and oxygen atoms in total. The van der Waals surface area contributed by atoms with Gasteiger partial charge in [-0.3, -0.25) is 0 Å². The van der Waals surface area contributed by atoms with Crippen molar-refractivity contribution in [3.05, 3.63) is 0 Å². The van der Waals surface area contributed by atoms with Crippen LogP contribution >= 0.6 is 0 Å². The van der Waals surface area contributed by atoms with Crippen molar-refractivity contribution < 1.29 is 22.7 Å². The van der Waals surface area contributed by atoms with Gasteiger partial charge in [0.15, 0.2) is 0 Å². The van der Waals surface area contributed by atoms with E-state index in [4.69, 9.17) is 4.74 Å². The van der Waals surface area contributed by atoms with E-state index in [0.29, 0.717) is 0 Å². The Morgan fingerprint density at radius 3 is 2.19 bits per heavy atom. The van der Waals surface area contributed by atoms with Crippen LogP contribution in [0.2, 0.25) is 0 Å². The van der Waals surface area contributed by atoms with Gasteiger partial charge in [0, 0.05) is 13.1 Å². The fourth-order valence-corrected chi connectivity index (χ4v) is 2.44. The lowest BCUT2D eigenvalue weighted by Crippen LogP contribution is -2.35. The average Bonchev–Trinajstić information content (AvgIpc) is 2.62. The molecule has 0 bridgehead atoms. The first-order chi connectivity index (χ1) is 7.30. The molecule has 92 valence electrons. The minimum absolute atomic E-state index is 0.181. The van der Waals surface area contributed by atoms with Crippen molar-refractivity contribution in [2.75, 3.05) is 13.1 Å². The van der Waals surface area contributed by atoms with Crippen molar-refractivity contribution in [1.29, 1.82) is 0 Å². The predicted octanol–water partition coefficient (Wildman–Crippen LogP) is 2.27. The molecule has 0 aromatic heterocycles. The van der Waals surface area contributed by atoms with Gasteiger partial charge in [-0.1, -0.05) is 0 Å². The molecule has 2 fully saturated rings. The lowest BCUT2D eigenvalue weighted by atomic mass is 10.2. The van der Waals surface area contributed by atoms with Gasteiger partial charge < -0.3 is 9.64 Å². The number of alkyl halides is 3. The van der Waals surface area contributed by atoms with Gasteiger partial charge in [-0.05, 0) is 25.7 Å². The number of halogens is 3. The third kappa shape index (κ3) is 1.97. The first-order valence-corrected chi connectivity index (χ1v) is 5.33. The molecule has 1 aliphatic carbocycles. The first kappa shape index (κ1) is 11.5. The summed E-state index contributed by atoms with van der Waals surface area (Å²) in [5.41, 5.74) is 0. The maximum atomic E-state index is 12.4. The Bertz CT molecular complexity index is 291. The number of likely N-dealkylation sites (tertiary alicyclic amines) is 1. The summed E-state index contributed by atoms with van der Waals surface area (Å²) in [6.45, 7) is 3.79. The second-order valence-electron chi connectivity index (χ2n) is 4.73. The largest absolute Gasteiger partial charge is 0.447 e. The van der Waals surface area contributed by atoms with Crippen LogP contribution in [0.3, 0.4) is 0 Å². The van der Waals surface area contributed by atoms with Crippen molar-refractivity contribution in [2.24, 2.45) is 17.8 Å². The van der Waals surface area contributed by atoms with Crippen LogP contribution in [-0.4, -0.2) is 36.4 Å². The van der Waals surface area contributed by atoms with Crippen molar-refractivity contribution in [3.63, 3.8) is 0 Å². The lowest BCUT2D eigenvalue weighted by molar-refractivity contribution is -0.156. The SMILES string of the molecule is CC(C)OC(=O)N1CC2C(C1)C2C(F)(F)F. The molecule has 1 heterocycles. The van der Waals surface area contributed by atoms with E-state index < -0.39 is 30.0 Å². The highest BCUT2D eigenvalue weighted by Crippen LogP contribution is 2.59. The molecule has 1 aliphatic heterocycles.